The summed E-state index contributed by atoms with van der Waals surface area (Å²) in [5.41, 5.74) is 3.11. The van der Waals surface area contributed by atoms with Crippen LogP contribution < -0.4 is 14.4 Å². The molecule has 1 amide bonds. The smallest absolute Gasteiger partial charge is 0.264 e. The summed E-state index contributed by atoms with van der Waals surface area (Å²) < 4.78 is 34.5. The van der Waals surface area contributed by atoms with E-state index in [1.807, 2.05) is 26.0 Å². The molecule has 2 aromatic carbocycles. The first-order valence-electron chi connectivity index (χ1n) is 15.1. The number of amides is 1. The van der Waals surface area contributed by atoms with Crippen molar-refractivity contribution in [1.82, 2.24) is 4.72 Å². The minimum absolute atomic E-state index is 0.0126. The van der Waals surface area contributed by atoms with Crippen LogP contribution in [0.3, 0.4) is 0 Å². The van der Waals surface area contributed by atoms with Crippen LogP contribution in [-0.2, 0) is 26.7 Å². The molecule has 43 heavy (non-hydrogen) atoms. The summed E-state index contributed by atoms with van der Waals surface area (Å²) in [6.45, 7) is 12.9. The van der Waals surface area contributed by atoms with Gasteiger partial charge in [-0.1, -0.05) is 44.2 Å². The van der Waals surface area contributed by atoms with Crippen LogP contribution in [0.15, 0.2) is 61.7 Å². The topological polar surface area (TPSA) is 92.8 Å². The van der Waals surface area contributed by atoms with Crippen LogP contribution in [0, 0.1) is 23.7 Å². The molecule has 5 rings (SSSR count). The molecule has 1 saturated carbocycles. The minimum Gasteiger partial charge on any atom is -0.490 e. The third kappa shape index (κ3) is 6.55. The van der Waals surface area contributed by atoms with E-state index in [1.54, 1.807) is 24.3 Å². The summed E-state index contributed by atoms with van der Waals surface area (Å²) in [5.74, 6) is -0.300. The number of halogens is 1. The van der Waals surface area contributed by atoms with E-state index in [1.165, 1.54) is 17.2 Å². The molecule has 0 bridgehead atoms. The summed E-state index contributed by atoms with van der Waals surface area (Å²) in [6, 6.07) is 11.2. The Labute approximate surface area is 260 Å². The van der Waals surface area contributed by atoms with Crippen LogP contribution in [-0.4, -0.2) is 45.6 Å². The van der Waals surface area contributed by atoms with E-state index >= 15 is 0 Å². The van der Waals surface area contributed by atoms with Crippen LogP contribution in [0.1, 0.15) is 61.0 Å². The number of ether oxygens (including phenoxy) is 1. The van der Waals surface area contributed by atoms with E-state index in [2.05, 4.69) is 28.8 Å². The fourth-order valence-electron chi connectivity index (χ4n) is 6.82. The highest BCUT2D eigenvalue weighted by atomic mass is 35.5. The van der Waals surface area contributed by atoms with E-state index < -0.39 is 15.9 Å². The molecule has 230 valence electrons. The van der Waals surface area contributed by atoms with Crippen LogP contribution >= 0.6 is 11.6 Å². The third-order valence-corrected chi connectivity index (χ3v) is 11.4. The van der Waals surface area contributed by atoms with Crippen molar-refractivity contribution >= 4 is 39.0 Å². The zero-order valence-corrected chi connectivity index (χ0v) is 26.6. The van der Waals surface area contributed by atoms with E-state index in [-0.39, 0.29) is 46.2 Å². The lowest BCUT2D eigenvalue weighted by molar-refractivity contribution is -0.122. The summed E-state index contributed by atoms with van der Waals surface area (Å²) in [7, 11) is -3.87. The molecular formula is C34H41ClN2O5S. The maximum Gasteiger partial charge on any atom is 0.264 e. The number of fused-ring (bicyclic) bond motifs is 3. The van der Waals surface area contributed by atoms with Crippen molar-refractivity contribution in [3.63, 3.8) is 0 Å². The number of hydrogen-bond donors (Lipinski definition) is 1. The molecule has 0 radical (unpaired) electrons. The Morgan fingerprint density at radius 1 is 1.19 bits per heavy atom. The molecule has 1 heterocycles. The lowest BCUT2D eigenvalue weighted by atomic mass is 9.69. The summed E-state index contributed by atoms with van der Waals surface area (Å²) in [4.78, 5) is 28.1. The number of ketones is 1. The van der Waals surface area contributed by atoms with Gasteiger partial charge < -0.3 is 9.64 Å². The number of rotatable bonds is 10. The molecule has 1 N–H and O–H groups in total. The number of nitrogens with zero attached hydrogens (tertiary/aromatic N) is 1. The number of carbonyl (C=O) groups excluding carboxylic acids is 2. The normalized spacial score (nSPS) is 24.3. The van der Waals surface area contributed by atoms with Gasteiger partial charge in [0.15, 0.2) is 5.78 Å². The number of carbonyl (C=O) groups is 2. The maximum atomic E-state index is 13.3. The summed E-state index contributed by atoms with van der Waals surface area (Å²) in [5, 5.41) is 0.713. The second-order valence-electron chi connectivity index (χ2n) is 12.6. The standard InChI is InChI=1S/C34H41ClN2O5S/c1-5-22(3)23(4)19-43(40,41)36-33(39)25-10-14-32-30(17-25)37(18-26-9-12-28(26)31(38)6-2)20-34(21-42-32)15-7-8-24-16-27(35)11-13-29(24)34/h5-6,10-11,13-14,16-17,22-23,26,28H,1-2,7-9,12,15,18-21H2,3-4H3,(H,36,39)/t22?,23?,26-,28+,34-/m0/s1. The lowest BCUT2D eigenvalue weighted by Gasteiger charge is -2.44. The van der Waals surface area contributed by atoms with Gasteiger partial charge in [0.1, 0.15) is 5.75 Å². The molecule has 5 atom stereocenters. The number of aryl methyl sites for hydroxylation is 1. The highest BCUT2D eigenvalue weighted by molar-refractivity contribution is 7.90. The SMILES string of the molecule is C=CC(=O)[C@@H]1CC[C@H]1CN1C[C@@]2(CCCc3cc(Cl)ccc32)COc2ccc(C(=O)NS(=O)(=O)CC(C)C(C)C=C)cc21. The largest absolute Gasteiger partial charge is 0.490 e. The Bertz CT molecular complexity index is 1540. The molecule has 1 spiro atoms. The first-order chi connectivity index (χ1) is 20.4. The molecule has 2 unspecified atom stereocenters. The first kappa shape index (κ1) is 31.3. The van der Waals surface area contributed by atoms with Crippen LogP contribution in [0.25, 0.3) is 0 Å². The molecule has 2 aliphatic carbocycles. The molecular weight excluding hydrogens is 584 g/mol. The Balaban J connectivity index is 1.47. The van der Waals surface area contributed by atoms with Crippen LogP contribution in [0.2, 0.25) is 5.02 Å². The Morgan fingerprint density at radius 2 is 1.98 bits per heavy atom. The maximum absolute atomic E-state index is 13.3. The Hall–Kier alpha value is -3.10. The zero-order chi connectivity index (χ0) is 30.9. The van der Waals surface area contributed by atoms with Gasteiger partial charge in [-0.3, -0.25) is 9.59 Å². The van der Waals surface area contributed by atoms with Crippen molar-refractivity contribution in [2.75, 3.05) is 30.3 Å². The van der Waals surface area contributed by atoms with Crippen molar-refractivity contribution in [3.8, 4) is 5.75 Å². The minimum atomic E-state index is -3.87. The number of hydrogen-bond acceptors (Lipinski definition) is 6. The highest BCUT2D eigenvalue weighted by Gasteiger charge is 2.44. The fraction of sp³-hybridized carbons (Fsp3) is 0.471. The highest BCUT2D eigenvalue weighted by Crippen LogP contribution is 2.46. The number of sulfonamides is 1. The van der Waals surface area contributed by atoms with E-state index in [4.69, 9.17) is 16.3 Å². The van der Waals surface area contributed by atoms with Gasteiger partial charge in [-0.25, -0.2) is 13.1 Å². The predicted molar refractivity (Wildman–Crippen MR) is 171 cm³/mol. The lowest BCUT2D eigenvalue weighted by Crippen LogP contribution is -2.49. The fourth-order valence-corrected chi connectivity index (χ4v) is 8.50. The van der Waals surface area contributed by atoms with Gasteiger partial charge in [0.2, 0.25) is 10.0 Å². The van der Waals surface area contributed by atoms with Gasteiger partial charge >= 0.3 is 0 Å². The zero-order valence-electron chi connectivity index (χ0n) is 25.0. The van der Waals surface area contributed by atoms with Crippen molar-refractivity contribution < 1.29 is 22.7 Å². The average Bonchev–Trinajstić information content (AvgIpc) is 3.11. The summed E-state index contributed by atoms with van der Waals surface area (Å²) in [6.07, 6.45) is 7.77. The van der Waals surface area contributed by atoms with Gasteiger partial charge in [0.25, 0.3) is 5.91 Å². The monoisotopic (exact) mass is 624 g/mol. The molecule has 7 nitrogen and oxygen atoms in total. The predicted octanol–water partition coefficient (Wildman–Crippen LogP) is 6.11. The molecule has 9 heteroatoms. The number of allylic oxidation sites excluding steroid dienone is 2. The summed E-state index contributed by atoms with van der Waals surface area (Å²) >= 11 is 6.37. The van der Waals surface area contributed by atoms with E-state index in [0.717, 1.165) is 37.8 Å². The van der Waals surface area contributed by atoms with Crippen molar-refractivity contribution in [2.45, 2.75) is 51.4 Å². The van der Waals surface area contributed by atoms with Crippen molar-refractivity contribution in [2.24, 2.45) is 23.7 Å². The number of anilines is 1. The Morgan fingerprint density at radius 3 is 2.67 bits per heavy atom. The molecule has 0 saturated heterocycles. The molecule has 3 aliphatic rings. The van der Waals surface area contributed by atoms with Crippen molar-refractivity contribution in [3.05, 3.63) is 83.4 Å². The number of benzene rings is 2. The third-order valence-electron chi connectivity index (χ3n) is 9.74. The quantitative estimate of drug-likeness (QED) is 0.253. The van der Waals surface area contributed by atoms with Crippen molar-refractivity contribution in [1.29, 1.82) is 0 Å². The first-order valence-corrected chi connectivity index (χ1v) is 17.1. The van der Waals surface area contributed by atoms with Gasteiger partial charge in [0, 0.05) is 35.0 Å². The molecule has 1 fully saturated rings. The van der Waals surface area contributed by atoms with Gasteiger partial charge in [-0.05, 0) is 97.4 Å². The van der Waals surface area contributed by atoms with Crippen LogP contribution in [0.4, 0.5) is 5.69 Å². The molecule has 2 aromatic rings. The van der Waals surface area contributed by atoms with Crippen LogP contribution in [0.5, 0.6) is 5.75 Å². The molecule has 1 aliphatic heterocycles. The average molecular weight is 625 g/mol. The van der Waals surface area contributed by atoms with Gasteiger partial charge in [0.05, 0.1) is 18.0 Å². The van der Waals surface area contributed by atoms with Gasteiger partial charge in [-0.2, -0.15) is 0 Å². The van der Waals surface area contributed by atoms with E-state index in [9.17, 15) is 18.0 Å². The van der Waals surface area contributed by atoms with E-state index in [0.29, 0.717) is 30.5 Å². The Kier molecular flexibility index (Phi) is 9.10. The number of nitrogens with one attached hydrogen (secondary N) is 1. The second kappa shape index (κ2) is 12.5. The van der Waals surface area contributed by atoms with Gasteiger partial charge in [-0.15, -0.1) is 6.58 Å². The molecule has 0 aromatic heterocycles. The second-order valence-corrected chi connectivity index (χ2v) is 14.8.